The molecule has 0 heterocycles. The van der Waals surface area contributed by atoms with Crippen molar-refractivity contribution in [2.24, 2.45) is 5.41 Å². The lowest BCUT2D eigenvalue weighted by molar-refractivity contribution is -0.481. The van der Waals surface area contributed by atoms with Gasteiger partial charge in [-0.1, -0.05) is 20.8 Å². The van der Waals surface area contributed by atoms with Gasteiger partial charge in [0.1, 0.15) is 5.60 Å². The van der Waals surface area contributed by atoms with E-state index >= 15 is 0 Å². The summed E-state index contributed by atoms with van der Waals surface area (Å²) in [5, 5.41) is 13.1. The van der Waals surface area contributed by atoms with Crippen molar-refractivity contribution in [2.75, 3.05) is 6.54 Å². The molecule has 0 aliphatic rings. The number of alkyl carbamates (subject to hydrolysis) is 1. The van der Waals surface area contributed by atoms with Crippen LogP contribution in [-0.4, -0.2) is 29.2 Å². The Morgan fingerprint density at radius 3 is 2.11 bits per heavy atom. The van der Waals surface area contributed by atoms with Crippen molar-refractivity contribution in [1.29, 1.82) is 0 Å². The first-order valence-corrected chi connectivity index (χ1v) is 6.03. The minimum absolute atomic E-state index is 0.169. The molecule has 0 rings (SSSR count). The second kappa shape index (κ2) is 6.02. The van der Waals surface area contributed by atoms with Crippen molar-refractivity contribution < 1.29 is 14.5 Å². The second-order valence-electron chi connectivity index (χ2n) is 6.41. The molecule has 0 aliphatic carbocycles. The maximum Gasteiger partial charge on any atom is 0.407 e. The van der Waals surface area contributed by atoms with Crippen molar-refractivity contribution >= 4 is 6.09 Å². The van der Waals surface area contributed by atoms with Gasteiger partial charge in [0.05, 0.1) is 0 Å². The molecule has 0 aromatic heterocycles. The fraction of sp³-hybridized carbons (Fsp3) is 0.917. The summed E-state index contributed by atoms with van der Waals surface area (Å²) in [5.74, 6) is 0. The van der Waals surface area contributed by atoms with Crippen LogP contribution in [0, 0.1) is 15.5 Å². The van der Waals surface area contributed by atoms with Crippen LogP contribution in [0.3, 0.4) is 0 Å². The fourth-order valence-corrected chi connectivity index (χ4v) is 1.41. The molecule has 1 atom stereocenters. The van der Waals surface area contributed by atoms with E-state index in [1.807, 2.05) is 20.8 Å². The molecule has 18 heavy (non-hydrogen) atoms. The number of hydrogen-bond donors (Lipinski definition) is 1. The van der Waals surface area contributed by atoms with E-state index in [4.69, 9.17) is 4.74 Å². The Kier molecular flexibility index (Phi) is 5.57. The minimum atomic E-state index is -0.574. The monoisotopic (exact) mass is 260 g/mol. The van der Waals surface area contributed by atoms with Gasteiger partial charge in [0.25, 0.3) is 0 Å². The van der Waals surface area contributed by atoms with E-state index in [1.54, 1.807) is 20.8 Å². The van der Waals surface area contributed by atoms with Crippen LogP contribution in [-0.2, 0) is 4.74 Å². The van der Waals surface area contributed by atoms with Gasteiger partial charge < -0.3 is 10.1 Å². The Morgan fingerprint density at radius 2 is 1.78 bits per heavy atom. The molecule has 0 bridgehead atoms. The molecule has 6 heteroatoms. The lowest BCUT2D eigenvalue weighted by Gasteiger charge is -2.31. The van der Waals surface area contributed by atoms with E-state index in [0.717, 1.165) is 0 Å². The molecule has 106 valence electrons. The number of carbonyl (C=O) groups is 1. The van der Waals surface area contributed by atoms with Crippen molar-refractivity contribution in [2.45, 2.75) is 59.6 Å². The zero-order valence-corrected chi connectivity index (χ0v) is 12.1. The Hall–Kier alpha value is -1.33. The molecule has 0 radical (unpaired) electrons. The molecule has 1 unspecified atom stereocenters. The molecular weight excluding hydrogens is 236 g/mol. The average molecular weight is 260 g/mol. The van der Waals surface area contributed by atoms with Crippen molar-refractivity contribution in [3.63, 3.8) is 0 Å². The normalized spacial score (nSPS) is 13.9. The summed E-state index contributed by atoms with van der Waals surface area (Å²) < 4.78 is 5.15. The fourth-order valence-electron chi connectivity index (χ4n) is 1.41. The third kappa shape index (κ3) is 7.86. The highest BCUT2D eigenvalue weighted by molar-refractivity contribution is 5.68. The van der Waals surface area contributed by atoms with Crippen LogP contribution in [0.1, 0.15) is 48.0 Å². The van der Waals surface area contributed by atoms with Gasteiger partial charge >= 0.3 is 6.09 Å². The van der Waals surface area contributed by atoms with Crippen molar-refractivity contribution in [1.82, 2.24) is 5.32 Å². The predicted octanol–water partition coefficient (Wildman–Crippen LogP) is 2.59. The van der Waals surface area contributed by atoms with Gasteiger partial charge in [0.2, 0.25) is 6.54 Å². The Labute approximate surface area is 108 Å². The number of hydrogen-bond acceptors (Lipinski definition) is 4. The van der Waals surface area contributed by atoms with Crippen LogP contribution in [0.15, 0.2) is 0 Å². The highest BCUT2D eigenvalue weighted by atomic mass is 16.6. The maximum atomic E-state index is 11.7. The van der Waals surface area contributed by atoms with E-state index in [0.29, 0.717) is 0 Å². The highest BCUT2D eigenvalue weighted by Gasteiger charge is 2.29. The SMILES string of the molecule is CC(C)(C)OC(=O)NC(CC[N+](=O)[O-])C(C)(C)C. The molecular formula is C12H24N2O4. The van der Waals surface area contributed by atoms with Crippen LogP contribution in [0.4, 0.5) is 4.79 Å². The topological polar surface area (TPSA) is 81.5 Å². The number of rotatable bonds is 4. The number of nitro groups is 1. The van der Waals surface area contributed by atoms with E-state index < -0.39 is 11.7 Å². The van der Waals surface area contributed by atoms with Gasteiger partial charge in [0.15, 0.2) is 0 Å². The summed E-state index contributed by atoms with van der Waals surface area (Å²) >= 11 is 0. The lowest BCUT2D eigenvalue weighted by Crippen LogP contribution is -2.46. The molecule has 6 nitrogen and oxygen atoms in total. The Bertz CT molecular complexity index is 302. The van der Waals surface area contributed by atoms with Crippen LogP contribution < -0.4 is 5.32 Å². The lowest BCUT2D eigenvalue weighted by atomic mass is 9.85. The highest BCUT2D eigenvalue weighted by Crippen LogP contribution is 2.22. The number of carbonyl (C=O) groups excluding carboxylic acids is 1. The van der Waals surface area contributed by atoms with E-state index in [-0.39, 0.29) is 29.3 Å². The smallest absolute Gasteiger partial charge is 0.407 e. The van der Waals surface area contributed by atoms with E-state index in [9.17, 15) is 14.9 Å². The summed E-state index contributed by atoms with van der Waals surface area (Å²) in [7, 11) is 0. The van der Waals surface area contributed by atoms with Crippen LogP contribution in [0.25, 0.3) is 0 Å². The molecule has 0 aromatic rings. The zero-order chi connectivity index (χ0) is 14.6. The van der Waals surface area contributed by atoms with E-state index in [2.05, 4.69) is 5.32 Å². The van der Waals surface area contributed by atoms with Gasteiger partial charge in [0, 0.05) is 17.4 Å². The first kappa shape index (κ1) is 16.7. The van der Waals surface area contributed by atoms with Crippen LogP contribution in [0.5, 0.6) is 0 Å². The standard InChI is InChI=1S/C12H24N2O4/c1-11(2,3)9(7-8-14(16)17)13-10(15)18-12(4,5)6/h9H,7-8H2,1-6H3,(H,13,15). The van der Waals surface area contributed by atoms with Crippen LogP contribution >= 0.6 is 0 Å². The largest absolute Gasteiger partial charge is 0.444 e. The van der Waals surface area contributed by atoms with Gasteiger partial charge in [-0.25, -0.2) is 4.79 Å². The van der Waals surface area contributed by atoms with Crippen molar-refractivity contribution in [3.8, 4) is 0 Å². The van der Waals surface area contributed by atoms with Crippen molar-refractivity contribution in [3.05, 3.63) is 10.1 Å². The number of amides is 1. The summed E-state index contributed by atoms with van der Waals surface area (Å²) in [4.78, 5) is 21.7. The van der Waals surface area contributed by atoms with Gasteiger partial charge in [-0.2, -0.15) is 0 Å². The molecule has 0 fully saturated rings. The minimum Gasteiger partial charge on any atom is -0.444 e. The summed E-state index contributed by atoms with van der Waals surface area (Å²) in [6, 6.07) is -0.294. The molecule has 0 aromatic carbocycles. The summed E-state index contributed by atoms with van der Waals surface area (Å²) in [6.07, 6.45) is -0.249. The van der Waals surface area contributed by atoms with Gasteiger partial charge in [-0.15, -0.1) is 0 Å². The van der Waals surface area contributed by atoms with Gasteiger partial charge in [-0.3, -0.25) is 10.1 Å². The second-order valence-corrected chi connectivity index (χ2v) is 6.41. The molecule has 0 spiro atoms. The quantitative estimate of drug-likeness (QED) is 0.622. The Balaban J connectivity index is 4.51. The van der Waals surface area contributed by atoms with Crippen LogP contribution in [0.2, 0.25) is 0 Å². The number of nitrogens with one attached hydrogen (secondary N) is 1. The molecule has 0 saturated carbocycles. The maximum absolute atomic E-state index is 11.7. The average Bonchev–Trinajstić information content (AvgIpc) is 2.06. The third-order valence-electron chi connectivity index (χ3n) is 2.34. The molecule has 1 amide bonds. The van der Waals surface area contributed by atoms with E-state index in [1.165, 1.54) is 0 Å². The molecule has 0 saturated heterocycles. The molecule has 0 aliphatic heterocycles. The molecule has 1 N–H and O–H groups in total. The first-order chi connectivity index (χ1) is 7.92. The number of nitrogens with zero attached hydrogens (tertiary/aromatic N) is 1. The first-order valence-electron chi connectivity index (χ1n) is 6.03. The zero-order valence-electron chi connectivity index (χ0n) is 12.1. The summed E-state index contributed by atoms with van der Waals surface area (Å²) in [5.41, 5.74) is -0.831. The van der Waals surface area contributed by atoms with Gasteiger partial charge in [-0.05, 0) is 26.2 Å². The Morgan fingerprint density at radius 1 is 1.28 bits per heavy atom. The predicted molar refractivity (Wildman–Crippen MR) is 69.1 cm³/mol. The summed E-state index contributed by atoms with van der Waals surface area (Å²) in [6.45, 7) is 10.9. The third-order valence-corrected chi connectivity index (χ3v) is 2.34. The number of ether oxygens (including phenoxy) is 1.